The van der Waals surface area contributed by atoms with Crippen LogP contribution in [0.1, 0.15) is 150 Å². The van der Waals surface area contributed by atoms with Crippen LogP contribution in [0.4, 0.5) is 81.4 Å². The van der Waals surface area contributed by atoms with Crippen molar-refractivity contribution in [3.05, 3.63) is 357 Å². The Morgan fingerprint density at radius 1 is 0.229 bits per heavy atom. The monoisotopic (exact) mass is 1420 g/mol. The van der Waals surface area contributed by atoms with Gasteiger partial charge in [0.1, 0.15) is 17.5 Å². The molecule has 0 atom stereocenters. The molecule has 0 fully saturated rings. The van der Waals surface area contributed by atoms with Gasteiger partial charge in [0.15, 0.2) is 0 Å². The highest BCUT2D eigenvalue weighted by Gasteiger charge is 2.59. The van der Waals surface area contributed by atoms with Crippen molar-refractivity contribution in [2.75, 3.05) is 19.6 Å². The number of halogens is 3. The fourth-order valence-corrected chi connectivity index (χ4v) is 21.0. The molecule has 0 aromatic heterocycles. The number of benzene rings is 15. The first-order chi connectivity index (χ1) is 52.4. The molecular formula is C102H81F3N4. The maximum atomic E-state index is 16.9. The molecule has 6 aliphatic rings. The first kappa shape index (κ1) is 65.4. The van der Waals surface area contributed by atoms with Crippen molar-refractivity contribution < 1.29 is 13.2 Å². The zero-order valence-corrected chi connectivity index (χ0v) is 63.4. The molecule has 3 aliphatic heterocycles. The second-order valence-corrected chi connectivity index (χ2v) is 34.3. The van der Waals surface area contributed by atoms with Crippen molar-refractivity contribution in [3.63, 3.8) is 0 Å². The molecule has 0 N–H and O–H groups in total. The zero-order chi connectivity index (χ0) is 74.6. The lowest BCUT2D eigenvalue weighted by Gasteiger charge is -2.57. The summed E-state index contributed by atoms with van der Waals surface area (Å²) >= 11 is 0. The lowest BCUT2D eigenvalue weighted by molar-refractivity contribution is 0.558. The third-order valence-electron chi connectivity index (χ3n) is 26.4. The Bertz CT molecular complexity index is 5940. The highest BCUT2D eigenvalue weighted by atomic mass is 19.1. The number of rotatable bonds is 9. The van der Waals surface area contributed by atoms with Gasteiger partial charge in [-0.3, -0.25) is 0 Å². The number of nitrogens with zero attached hydrogens (tertiary/aromatic N) is 4. The van der Waals surface area contributed by atoms with Gasteiger partial charge in [-0.2, -0.15) is 0 Å². The summed E-state index contributed by atoms with van der Waals surface area (Å²) < 4.78 is 50.6. The summed E-state index contributed by atoms with van der Waals surface area (Å²) in [6.45, 7) is 29.4. The van der Waals surface area contributed by atoms with Crippen LogP contribution in [0, 0.1) is 17.5 Å². The number of anilines is 12. The fourth-order valence-electron chi connectivity index (χ4n) is 21.0. The van der Waals surface area contributed by atoms with Gasteiger partial charge >= 0.3 is 0 Å². The van der Waals surface area contributed by atoms with E-state index in [0.29, 0.717) is 17.1 Å². The van der Waals surface area contributed by atoms with Crippen LogP contribution in [0.2, 0.25) is 0 Å². The summed E-state index contributed by atoms with van der Waals surface area (Å²) in [5.41, 5.74) is 29.6. The molecule has 21 rings (SSSR count). The molecule has 0 bridgehead atoms. The Morgan fingerprint density at radius 2 is 0.477 bits per heavy atom. The van der Waals surface area contributed by atoms with Gasteiger partial charge in [0, 0.05) is 65.7 Å². The molecule has 0 unspecified atom stereocenters. The minimum atomic E-state index is -0.605. The van der Waals surface area contributed by atoms with E-state index in [1.165, 1.54) is 117 Å². The van der Waals surface area contributed by atoms with Crippen LogP contribution in [0.15, 0.2) is 273 Å². The van der Waals surface area contributed by atoms with Gasteiger partial charge in [-0.05, 0) is 207 Å². The van der Waals surface area contributed by atoms with E-state index in [2.05, 4.69) is 303 Å². The van der Waals surface area contributed by atoms with Gasteiger partial charge in [-0.1, -0.05) is 265 Å². The van der Waals surface area contributed by atoms with Gasteiger partial charge in [0.25, 0.3) is 0 Å². The van der Waals surface area contributed by atoms with Crippen LogP contribution >= 0.6 is 0 Å². The average molecular weight is 1420 g/mol. The molecule has 4 nitrogen and oxygen atoms in total. The molecule has 0 spiro atoms. The van der Waals surface area contributed by atoms with Crippen LogP contribution in [0.3, 0.4) is 0 Å². The molecule has 530 valence electrons. The van der Waals surface area contributed by atoms with Gasteiger partial charge in [0.2, 0.25) is 0 Å². The molecule has 7 heteroatoms. The number of para-hydroxylation sites is 3. The topological polar surface area (TPSA) is 13.0 Å². The van der Waals surface area contributed by atoms with Crippen molar-refractivity contribution in [2.45, 2.75) is 116 Å². The van der Waals surface area contributed by atoms with Crippen LogP contribution in [0.25, 0.3) is 65.7 Å². The van der Waals surface area contributed by atoms with E-state index in [0.717, 1.165) is 66.4 Å². The molecule has 3 heterocycles. The van der Waals surface area contributed by atoms with Crippen LogP contribution < -0.4 is 19.6 Å². The third kappa shape index (κ3) is 8.56. The Hall–Kier alpha value is -11.9. The second kappa shape index (κ2) is 22.1. The smallest absolute Gasteiger partial charge is 0.147 e. The lowest BCUT2D eigenvalue weighted by atomic mass is 9.57. The molecule has 0 saturated carbocycles. The fraction of sp³-hybridized carbons (Fsp3) is 0.176. The van der Waals surface area contributed by atoms with E-state index in [-0.39, 0.29) is 17.5 Å². The minimum Gasteiger partial charge on any atom is -0.309 e. The molecule has 3 aliphatic carbocycles. The van der Waals surface area contributed by atoms with E-state index in [9.17, 15) is 0 Å². The SMILES string of the molecule is CC1(C)c2cc(N(c3ccccc3F)c3cccc4ccccc34)ccc2-c2c1cc1c3c2C(C)(C)c2cc4c(c5c2N3c2c(cc3c(c2C1(C)C)-c1ccc(N(c2ccccc2F)c2cccc6ccccc26)cc1C3(C)C)C5(C)C)-c1ccc(N(c2ccccc2F)c2cccc3ccccc23)cc1C4(C)C. The Morgan fingerprint density at radius 3 is 0.761 bits per heavy atom. The predicted octanol–water partition coefficient (Wildman–Crippen LogP) is 28.3. The maximum absolute atomic E-state index is 16.9. The number of hydrogen-bond acceptors (Lipinski definition) is 4. The van der Waals surface area contributed by atoms with Gasteiger partial charge in [-0.25, -0.2) is 13.2 Å². The van der Waals surface area contributed by atoms with Gasteiger partial charge in [-0.15, -0.1) is 0 Å². The molecule has 15 aromatic carbocycles. The lowest BCUT2D eigenvalue weighted by Crippen LogP contribution is -2.45. The van der Waals surface area contributed by atoms with E-state index < -0.39 is 32.5 Å². The van der Waals surface area contributed by atoms with E-state index >= 15 is 13.2 Å². The van der Waals surface area contributed by atoms with E-state index in [1.54, 1.807) is 36.4 Å². The third-order valence-corrected chi connectivity index (χ3v) is 26.4. The average Bonchev–Trinajstić information content (AvgIpc) is 1.62. The van der Waals surface area contributed by atoms with Gasteiger partial charge in [0.05, 0.1) is 51.2 Å². The summed E-state index contributed by atoms with van der Waals surface area (Å²) in [5.74, 6) is -0.894. The first-order valence-corrected chi connectivity index (χ1v) is 38.4. The minimum absolute atomic E-state index is 0.298. The number of fused-ring (bicyclic) bond motifs is 15. The second-order valence-electron chi connectivity index (χ2n) is 34.3. The van der Waals surface area contributed by atoms with Crippen molar-refractivity contribution in [3.8, 4) is 33.4 Å². The highest BCUT2D eigenvalue weighted by Crippen LogP contribution is 2.74. The Kier molecular flexibility index (Phi) is 13.3. The summed E-state index contributed by atoms with van der Waals surface area (Å²) in [6.07, 6.45) is 0. The summed E-state index contributed by atoms with van der Waals surface area (Å²) in [5, 5.41) is 6.34. The molecule has 109 heavy (non-hydrogen) atoms. The summed E-state index contributed by atoms with van der Waals surface area (Å²) in [7, 11) is 0. The Balaban J connectivity index is 0.830. The summed E-state index contributed by atoms with van der Waals surface area (Å²) in [6, 6.07) is 94.3. The van der Waals surface area contributed by atoms with Crippen LogP contribution in [0.5, 0.6) is 0 Å². The standard InChI is InChI=1S/C102H81F3N4/c1-97(2)70-52-61(106(85-40-22-19-37-79(85)103)82-43-25-31-58-28-13-16-34-64(58)82)46-49-67(70)88-73(97)55-76-94-91(88)101(9,10)77-56-74-90(69-51-48-63(54-72(69)98(74,3)4)108(87-42-24-21-39-81(87)105)84-45-27-33-60-30-15-18-36-66(60)84)93-95(77)109(94)96-78(102(93,11)12)57-75-89(92(96)100(76,7)8)68-50-47-62(53-71(68)99(75,5)6)107(86-41-23-20-38-80(86)104)83-44-26-32-59-29-14-17-35-65(59)83/h13-57H,1-12H3. The maximum Gasteiger partial charge on any atom is 0.147 e. The molecule has 15 aromatic rings. The first-order valence-electron chi connectivity index (χ1n) is 38.4. The molecule has 0 saturated heterocycles. The van der Waals surface area contributed by atoms with Crippen LogP contribution in [-0.4, -0.2) is 0 Å². The van der Waals surface area contributed by atoms with E-state index in [1.807, 2.05) is 36.4 Å². The van der Waals surface area contributed by atoms with Crippen LogP contribution in [-0.2, 0) is 32.5 Å². The molecule has 0 amide bonds. The zero-order valence-electron chi connectivity index (χ0n) is 63.4. The molecule has 0 radical (unpaired) electrons. The molecular weight excluding hydrogens is 1340 g/mol. The van der Waals surface area contributed by atoms with Crippen molar-refractivity contribution in [2.24, 2.45) is 0 Å². The summed E-state index contributed by atoms with van der Waals surface area (Å²) in [4.78, 5) is 9.15. The Labute approximate surface area is 635 Å². The predicted molar refractivity (Wildman–Crippen MR) is 447 cm³/mol. The number of hydrogen-bond donors (Lipinski definition) is 0. The van der Waals surface area contributed by atoms with Crippen molar-refractivity contribution >= 4 is 101 Å². The quantitative estimate of drug-likeness (QED) is 0.143. The van der Waals surface area contributed by atoms with E-state index in [4.69, 9.17) is 0 Å². The van der Waals surface area contributed by atoms with Crippen molar-refractivity contribution in [1.29, 1.82) is 0 Å². The normalized spacial score (nSPS) is 16.3. The highest BCUT2D eigenvalue weighted by molar-refractivity contribution is 6.10. The van der Waals surface area contributed by atoms with Crippen molar-refractivity contribution in [1.82, 2.24) is 0 Å². The largest absolute Gasteiger partial charge is 0.309 e. The van der Waals surface area contributed by atoms with Gasteiger partial charge < -0.3 is 19.6 Å².